The average molecular weight is 434 g/mol. The number of nitrogens with zero attached hydrogens (tertiary/aromatic N) is 2. The highest BCUT2D eigenvalue weighted by atomic mass is 35.5. The third-order valence-electron chi connectivity index (χ3n) is 5.09. The zero-order chi connectivity index (χ0) is 22.0. The van der Waals surface area contributed by atoms with Crippen LogP contribution in [0, 0.1) is 0 Å². The lowest BCUT2D eigenvalue weighted by Crippen LogP contribution is -2.29. The SMILES string of the molecule is C[C@H](NC(=O)c1c2ccccc2nn1Cc1cccc(Cl)c1)c1ccc(C(=O)O)cc1. The number of nitrogens with one attached hydrogen (secondary N) is 1. The number of carbonyl (C=O) groups excluding carboxylic acids is 1. The smallest absolute Gasteiger partial charge is 0.335 e. The number of hydrogen-bond acceptors (Lipinski definition) is 3. The van der Waals surface area contributed by atoms with Crippen LogP contribution in [-0.4, -0.2) is 26.8 Å². The summed E-state index contributed by atoms with van der Waals surface area (Å²) in [6.07, 6.45) is 0. The van der Waals surface area contributed by atoms with Gasteiger partial charge in [0.25, 0.3) is 5.91 Å². The summed E-state index contributed by atoms with van der Waals surface area (Å²) in [5.41, 5.74) is 3.14. The van der Waals surface area contributed by atoms with E-state index in [9.17, 15) is 9.59 Å². The Kier molecular flexibility index (Phi) is 5.73. The maximum atomic E-state index is 13.3. The van der Waals surface area contributed by atoms with E-state index in [0.29, 0.717) is 17.3 Å². The normalized spacial score (nSPS) is 11.9. The van der Waals surface area contributed by atoms with Gasteiger partial charge in [0.1, 0.15) is 5.69 Å². The molecule has 2 N–H and O–H groups in total. The van der Waals surface area contributed by atoms with Crippen molar-refractivity contribution in [2.45, 2.75) is 19.5 Å². The summed E-state index contributed by atoms with van der Waals surface area (Å²) in [6, 6.07) is 21.1. The molecule has 31 heavy (non-hydrogen) atoms. The van der Waals surface area contributed by atoms with Crippen molar-refractivity contribution in [2.75, 3.05) is 0 Å². The van der Waals surface area contributed by atoms with E-state index in [4.69, 9.17) is 16.7 Å². The topological polar surface area (TPSA) is 84.2 Å². The minimum atomic E-state index is -0.986. The van der Waals surface area contributed by atoms with Crippen molar-refractivity contribution in [3.63, 3.8) is 0 Å². The number of hydrogen-bond donors (Lipinski definition) is 2. The molecule has 1 aromatic heterocycles. The molecule has 0 aliphatic heterocycles. The van der Waals surface area contributed by atoms with Crippen LogP contribution >= 0.6 is 11.6 Å². The maximum Gasteiger partial charge on any atom is 0.335 e. The highest BCUT2D eigenvalue weighted by Crippen LogP contribution is 2.22. The Bertz CT molecular complexity index is 1260. The quantitative estimate of drug-likeness (QED) is 0.451. The predicted octanol–water partition coefficient (Wildman–Crippen LogP) is 4.93. The van der Waals surface area contributed by atoms with Gasteiger partial charge in [-0.05, 0) is 48.4 Å². The van der Waals surface area contributed by atoms with Gasteiger partial charge in [0.15, 0.2) is 0 Å². The Labute approximate surface area is 184 Å². The van der Waals surface area contributed by atoms with E-state index in [1.165, 1.54) is 12.1 Å². The largest absolute Gasteiger partial charge is 0.478 e. The lowest BCUT2D eigenvalue weighted by atomic mass is 10.1. The third kappa shape index (κ3) is 4.44. The van der Waals surface area contributed by atoms with Crippen LogP contribution in [0.5, 0.6) is 0 Å². The number of fused-ring (bicyclic) bond motifs is 1. The summed E-state index contributed by atoms with van der Waals surface area (Å²) < 4.78 is 1.69. The standard InChI is InChI=1S/C24H20ClN3O3/c1-15(17-9-11-18(12-10-17)24(30)31)26-23(29)22-20-7-2-3-8-21(20)27-28(22)14-16-5-4-6-19(25)13-16/h2-13,15H,14H2,1H3,(H,26,29)(H,30,31)/t15-/m0/s1. The van der Waals surface area contributed by atoms with Gasteiger partial charge in [-0.3, -0.25) is 9.48 Å². The number of carboxylic acids is 1. The first-order chi connectivity index (χ1) is 14.9. The van der Waals surface area contributed by atoms with Crippen LogP contribution in [0.25, 0.3) is 10.9 Å². The number of aromatic nitrogens is 2. The molecule has 156 valence electrons. The molecule has 7 heteroatoms. The predicted molar refractivity (Wildman–Crippen MR) is 120 cm³/mol. The van der Waals surface area contributed by atoms with E-state index in [-0.39, 0.29) is 17.5 Å². The minimum Gasteiger partial charge on any atom is -0.478 e. The number of rotatable bonds is 6. The fraction of sp³-hybridized carbons (Fsp3) is 0.125. The molecule has 0 unspecified atom stereocenters. The number of aromatic carboxylic acids is 1. The third-order valence-corrected chi connectivity index (χ3v) is 5.32. The number of benzene rings is 3. The monoisotopic (exact) mass is 433 g/mol. The first kappa shape index (κ1) is 20.6. The second-order valence-corrected chi connectivity index (χ2v) is 7.71. The highest BCUT2D eigenvalue weighted by Gasteiger charge is 2.20. The van der Waals surface area contributed by atoms with Gasteiger partial charge >= 0.3 is 5.97 Å². The molecule has 6 nitrogen and oxygen atoms in total. The van der Waals surface area contributed by atoms with Crippen molar-refractivity contribution >= 4 is 34.4 Å². The summed E-state index contributed by atoms with van der Waals surface area (Å²) in [5.74, 6) is -1.25. The van der Waals surface area contributed by atoms with Crippen LogP contribution in [-0.2, 0) is 6.54 Å². The number of amides is 1. The lowest BCUT2D eigenvalue weighted by molar-refractivity contribution is 0.0696. The van der Waals surface area contributed by atoms with Crippen LogP contribution in [0.1, 0.15) is 44.9 Å². The highest BCUT2D eigenvalue weighted by molar-refractivity contribution is 6.30. The molecular weight excluding hydrogens is 414 g/mol. The minimum absolute atomic E-state index is 0.202. The zero-order valence-electron chi connectivity index (χ0n) is 16.7. The molecule has 0 radical (unpaired) electrons. The summed E-state index contributed by atoms with van der Waals surface area (Å²) >= 11 is 6.11. The van der Waals surface area contributed by atoms with Crippen LogP contribution < -0.4 is 5.32 Å². The maximum absolute atomic E-state index is 13.3. The molecule has 0 aliphatic carbocycles. The Balaban J connectivity index is 1.64. The van der Waals surface area contributed by atoms with E-state index < -0.39 is 5.97 Å². The second-order valence-electron chi connectivity index (χ2n) is 7.28. The molecule has 4 aromatic rings. The van der Waals surface area contributed by atoms with Gasteiger partial charge in [-0.25, -0.2) is 4.79 Å². The molecule has 0 bridgehead atoms. The number of halogens is 1. The van der Waals surface area contributed by atoms with E-state index >= 15 is 0 Å². The van der Waals surface area contributed by atoms with Crippen LogP contribution in [0.2, 0.25) is 5.02 Å². The van der Waals surface area contributed by atoms with Crippen LogP contribution in [0.15, 0.2) is 72.8 Å². The fourth-order valence-electron chi connectivity index (χ4n) is 3.51. The average Bonchev–Trinajstić information content (AvgIpc) is 3.11. The molecule has 4 rings (SSSR count). The summed E-state index contributed by atoms with van der Waals surface area (Å²) in [6.45, 7) is 2.26. The van der Waals surface area contributed by atoms with E-state index in [1.807, 2.05) is 49.4 Å². The van der Waals surface area contributed by atoms with E-state index in [1.54, 1.807) is 22.9 Å². The van der Waals surface area contributed by atoms with Gasteiger partial charge in [0.05, 0.1) is 23.7 Å². The number of carboxylic acid groups (broad SMARTS) is 1. The van der Waals surface area contributed by atoms with Gasteiger partial charge in [-0.15, -0.1) is 0 Å². The van der Waals surface area contributed by atoms with E-state index in [2.05, 4.69) is 10.4 Å². The molecule has 0 fully saturated rings. The second kappa shape index (κ2) is 8.62. The van der Waals surface area contributed by atoms with E-state index in [0.717, 1.165) is 22.0 Å². The molecule has 0 saturated heterocycles. The van der Waals surface area contributed by atoms with Gasteiger partial charge in [-0.1, -0.05) is 54.1 Å². The first-order valence-corrected chi connectivity index (χ1v) is 10.1. The lowest BCUT2D eigenvalue weighted by Gasteiger charge is -2.16. The molecule has 1 amide bonds. The Morgan fingerprint density at radius 2 is 1.81 bits per heavy atom. The summed E-state index contributed by atoms with van der Waals surface area (Å²) in [5, 5.41) is 18.1. The van der Waals surface area contributed by atoms with Crippen LogP contribution in [0.3, 0.4) is 0 Å². The molecule has 0 saturated carbocycles. The molecular formula is C24H20ClN3O3. The zero-order valence-corrected chi connectivity index (χ0v) is 17.5. The van der Waals surface area contributed by atoms with Crippen molar-refractivity contribution in [1.29, 1.82) is 0 Å². The van der Waals surface area contributed by atoms with Crippen molar-refractivity contribution in [3.8, 4) is 0 Å². The molecule has 0 aliphatic rings. The van der Waals surface area contributed by atoms with Crippen molar-refractivity contribution in [1.82, 2.24) is 15.1 Å². The molecule has 0 spiro atoms. The summed E-state index contributed by atoms with van der Waals surface area (Å²) in [7, 11) is 0. The van der Waals surface area contributed by atoms with Gasteiger partial charge < -0.3 is 10.4 Å². The molecule has 1 atom stereocenters. The van der Waals surface area contributed by atoms with Gasteiger partial charge in [0, 0.05) is 10.4 Å². The molecule has 3 aromatic carbocycles. The van der Waals surface area contributed by atoms with Gasteiger partial charge in [0.2, 0.25) is 0 Å². The van der Waals surface area contributed by atoms with Crippen molar-refractivity contribution in [3.05, 3.63) is 100 Å². The summed E-state index contributed by atoms with van der Waals surface area (Å²) in [4.78, 5) is 24.3. The van der Waals surface area contributed by atoms with Crippen molar-refractivity contribution < 1.29 is 14.7 Å². The Morgan fingerprint density at radius 3 is 2.52 bits per heavy atom. The fourth-order valence-corrected chi connectivity index (χ4v) is 3.72. The Hall–Kier alpha value is -3.64. The van der Waals surface area contributed by atoms with Gasteiger partial charge in [-0.2, -0.15) is 5.10 Å². The first-order valence-electron chi connectivity index (χ1n) is 9.76. The Morgan fingerprint density at radius 1 is 1.06 bits per heavy atom. The van der Waals surface area contributed by atoms with Crippen molar-refractivity contribution in [2.24, 2.45) is 0 Å². The molecule has 1 heterocycles. The van der Waals surface area contributed by atoms with Crippen LogP contribution in [0.4, 0.5) is 0 Å². The number of carbonyl (C=O) groups is 2.